The van der Waals surface area contributed by atoms with Gasteiger partial charge < -0.3 is 20.7 Å². The van der Waals surface area contributed by atoms with Crippen LogP contribution in [-0.4, -0.2) is 43.1 Å². The van der Waals surface area contributed by atoms with Gasteiger partial charge in [0.15, 0.2) is 5.96 Å². The number of amides is 1. The zero-order valence-electron chi connectivity index (χ0n) is 16.0. The Hall–Kier alpha value is -2.61. The van der Waals surface area contributed by atoms with E-state index in [-0.39, 0.29) is 5.91 Å². The molecule has 7 nitrogen and oxygen atoms in total. The second-order valence-corrected chi connectivity index (χ2v) is 7.18. The second kappa shape index (κ2) is 11.2. The first-order valence-corrected chi connectivity index (χ1v) is 9.82. The third-order valence-corrected chi connectivity index (χ3v) is 4.40. The van der Waals surface area contributed by atoms with Crippen molar-refractivity contribution in [2.24, 2.45) is 4.99 Å². The van der Waals surface area contributed by atoms with Crippen LogP contribution in [0.2, 0.25) is 0 Å². The van der Waals surface area contributed by atoms with Gasteiger partial charge in [-0.05, 0) is 26.0 Å². The zero-order valence-corrected chi connectivity index (χ0v) is 16.9. The van der Waals surface area contributed by atoms with Gasteiger partial charge in [-0.25, -0.2) is 4.98 Å². The number of carbonyl (C=O) groups excluding carboxylic acids is 1. The molecule has 0 aliphatic rings. The monoisotopic (exact) mass is 389 g/mol. The lowest BCUT2D eigenvalue weighted by Gasteiger charge is -2.12. The number of aliphatic imine (C=N–C) groups is 1. The summed E-state index contributed by atoms with van der Waals surface area (Å²) in [5.41, 5.74) is 0.722. The Bertz CT molecular complexity index is 760. The highest BCUT2D eigenvalue weighted by molar-refractivity contribution is 7.11. The molecule has 1 aromatic heterocycles. The molecule has 3 N–H and O–H groups in total. The highest BCUT2D eigenvalue weighted by atomic mass is 32.1. The van der Waals surface area contributed by atoms with E-state index in [1.54, 1.807) is 17.4 Å². The first-order valence-electron chi connectivity index (χ1n) is 9.00. The van der Waals surface area contributed by atoms with Crippen LogP contribution in [-0.2, 0) is 11.2 Å². The summed E-state index contributed by atoms with van der Waals surface area (Å²) >= 11 is 1.71. The van der Waals surface area contributed by atoms with Crippen LogP contribution in [0.3, 0.4) is 0 Å². The van der Waals surface area contributed by atoms with Crippen LogP contribution < -0.4 is 20.7 Å². The number of anilines is 1. The van der Waals surface area contributed by atoms with Gasteiger partial charge >= 0.3 is 0 Å². The molecule has 0 bridgehead atoms. The minimum absolute atomic E-state index is 0.104. The molecule has 0 spiro atoms. The lowest BCUT2D eigenvalue weighted by Crippen LogP contribution is -2.39. The average molecular weight is 390 g/mol. The van der Waals surface area contributed by atoms with Crippen molar-refractivity contribution in [1.29, 1.82) is 0 Å². The average Bonchev–Trinajstić information content (AvgIpc) is 3.03. The van der Waals surface area contributed by atoms with E-state index in [2.05, 4.69) is 32.9 Å². The minimum Gasteiger partial charge on any atom is -0.492 e. The van der Waals surface area contributed by atoms with E-state index in [1.807, 2.05) is 31.3 Å². The number of hydrogen-bond acceptors (Lipinski definition) is 5. The number of hydrogen-bond donors (Lipinski definition) is 3. The Labute approximate surface area is 164 Å². The summed E-state index contributed by atoms with van der Waals surface area (Å²) in [6.07, 6.45) is 2.73. The van der Waals surface area contributed by atoms with Crippen molar-refractivity contribution in [2.45, 2.75) is 27.2 Å². The highest BCUT2D eigenvalue weighted by Crippen LogP contribution is 2.17. The van der Waals surface area contributed by atoms with Gasteiger partial charge in [-0.1, -0.05) is 6.07 Å². The molecular weight excluding hydrogens is 362 g/mol. The maximum absolute atomic E-state index is 11.1. The van der Waals surface area contributed by atoms with Crippen molar-refractivity contribution in [3.05, 3.63) is 40.3 Å². The quantitative estimate of drug-likeness (QED) is 0.349. The van der Waals surface area contributed by atoms with Crippen molar-refractivity contribution < 1.29 is 9.53 Å². The molecule has 8 heteroatoms. The van der Waals surface area contributed by atoms with Gasteiger partial charge in [-0.2, -0.15) is 0 Å². The Kier molecular flexibility index (Phi) is 8.57. The van der Waals surface area contributed by atoms with Crippen LogP contribution in [0.5, 0.6) is 5.75 Å². The molecule has 0 aliphatic carbocycles. The highest BCUT2D eigenvalue weighted by Gasteiger charge is 2.01. The summed E-state index contributed by atoms with van der Waals surface area (Å²) in [5, 5.41) is 10.3. The molecule has 0 saturated carbocycles. The van der Waals surface area contributed by atoms with Gasteiger partial charge in [-0.3, -0.25) is 9.79 Å². The molecule has 0 aliphatic heterocycles. The van der Waals surface area contributed by atoms with Crippen molar-refractivity contribution >= 4 is 28.9 Å². The number of rotatable bonds is 9. The SMILES string of the molecule is CCNC(=NCCc1ncc(C)s1)NCCOc1cccc(NC(C)=O)c1. The number of aromatic nitrogens is 1. The van der Waals surface area contributed by atoms with Gasteiger partial charge in [0.2, 0.25) is 5.91 Å². The number of ether oxygens (including phenoxy) is 1. The Morgan fingerprint density at radius 3 is 2.89 bits per heavy atom. The first kappa shape index (κ1) is 20.7. The molecule has 1 heterocycles. The standard InChI is InChI=1S/C19H27N5O2S/c1-4-20-19(21-9-8-18-23-13-14(2)27-18)22-10-11-26-17-7-5-6-16(12-17)24-15(3)25/h5-7,12-13H,4,8-11H2,1-3H3,(H,24,25)(H2,20,21,22). The first-order chi connectivity index (χ1) is 13.1. The number of benzene rings is 1. The molecule has 0 unspecified atom stereocenters. The van der Waals surface area contributed by atoms with E-state index >= 15 is 0 Å². The maximum Gasteiger partial charge on any atom is 0.221 e. The van der Waals surface area contributed by atoms with Gasteiger partial charge in [0.1, 0.15) is 12.4 Å². The number of carbonyl (C=O) groups is 1. The molecular formula is C19H27N5O2S. The van der Waals surface area contributed by atoms with Gasteiger partial charge in [0.05, 0.1) is 11.6 Å². The second-order valence-electron chi connectivity index (χ2n) is 5.86. The summed E-state index contributed by atoms with van der Waals surface area (Å²) < 4.78 is 5.73. The third kappa shape index (κ3) is 8.08. The molecule has 2 aromatic rings. The summed E-state index contributed by atoms with van der Waals surface area (Å²) in [5.74, 6) is 1.37. The number of aryl methyl sites for hydroxylation is 1. The summed E-state index contributed by atoms with van der Waals surface area (Å²) in [6.45, 7) is 8.15. The predicted octanol–water partition coefficient (Wildman–Crippen LogP) is 2.59. The van der Waals surface area contributed by atoms with Gasteiger partial charge in [0.25, 0.3) is 0 Å². The van der Waals surface area contributed by atoms with E-state index in [9.17, 15) is 4.79 Å². The summed E-state index contributed by atoms with van der Waals surface area (Å²) in [6, 6.07) is 7.34. The lowest BCUT2D eigenvalue weighted by atomic mass is 10.3. The summed E-state index contributed by atoms with van der Waals surface area (Å²) in [4.78, 5) is 21.3. The molecule has 0 saturated heterocycles. The van der Waals surface area contributed by atoms with Crippen LogP contribution in [0.15, 0.2) is 35.5 Å². The van der Waals surface area contributed by atoms with Crippen molar-refractivity contribution in [1.82, 2.24) is 15.6 Å². The van der Waals surface area contributed by atoms with Crippen molar-refractivity contribution in [2.75, 3.05) is 31.6 Å². The fourth-order valence-electron chi connectivity index (χ4n) is 2.33. The zero-order chi connectivity index (χ0) is 19.5. The molecule has 146 valence electrons. The molecule has 0 atom stereocenters. The normalized spacial score (nSPS) is 11.1. The Morgan fingerprint density at radius 1 is 1.33 bits per heavy atom. The van der Waals surface area contributed by atoms with Crippen molar-refractivity contribution in [3.8, 4) is 5.75 Å². The number of thiazole rings is 1. The number of nitrogens with one attached hydrogen (secondary N) is 3. The molecule has 0 fully saturated rings. The number of guanidine groups is 1. The van der Waals surface area contributed by atoms with E-state index < -0.39 is 0 Å². The van der Waals surface area contributed by atoms with Gasteiger partial charge in [-0.15, -0.1) is 11.3 Å². The summed E-state index contributed by atoms with van der Waals surface area (Å²) in [7, 11) is 0. The van der Waals surface area contributed by atoms with Crippen LogP contribution >= 0.6 is 11.3 Å². The molecule has 27 heavy (non-hydrogen) atoms. The minimum atomic E-state index is -0.104. The van der Waals surface area contributed by atoms with Crippen LogP contribution in [0, 0.1) is 6.92 Å². The largest absolute Gasteiger partial charge is 0.492 e. The molecule has 0 radical (unpaired) electrons. The number of nitrogens with zero attached hydrogens (tertiary/aromatic N) is 2. The van der Waals surface area contributed by atoms with E-state index in [4.69, 9.17) is 4.74 Å². The Balaban J connectivity index is 1.75. The Morgan fingerprint density at radius 2 is 2.19 bits per heavy atom. The lowest BCUT2D eigenvalue weighted by molar-refractivity contribution is -0.114. The fourth-order valence-corrected chi connectivity index (χ4v) is 3.10. The van der Waals surface area contributed by atoms with Gasteiger partial charge in [0, 0.05) is 49.3 Å². The molecule has 1 aromatic carbocycles. The topological polar surface area (TPSA) is 87.6 Å². The van der Waals surface area contributed by atoms with E-state index in [0.717, 1.165) is 29.6 Å². The third-order valence-electron chi connectivity index (χ3n) is 3.43. The van der Waals surface area contributed by atoms with Crippen LogP contribution in [0.25, 0.3) is 0 Å². The maximum atomic E-state index is 11.1. The molecule has 2 rings (SSSR count). The smallest absolute Gasteiger partial charge is 0.221 e. The van der Waals surface area contributed by atoms with E-state index in [0.29, 0.717) is 25.4 Å². The van der Waals surface area contributed by atoms with Crippen LogP contribution in [0.4, 0.5) is 5.69 Å². The van der Waals surface area contributed by atoms with Crippen molar-refractivity contribution in [3.63, 3.8) is 0 Å². The van der Waals surface area contributed by atoms with Crippen LogP contribution in [0.1, 0.15) is 23.7 Å². The molecule has 1 amide bonds. The predicted molar refractivity (Wildman–Crippen MR) is 111 cm³/mol. The van der Waals surface area contributed by atoms with E-state index in [1.165, 1.54) is 11.8 Å². The fraction of sp³-hybridized carbons (Fsp3) is 0.421.